The maximum Gasteiger partial charge on any atom is 0.338 e. The van der Waals surface area contributed by atoms with Crippen LogP contribution in [-0.2, 0) is 22.5 Å². The van der Waals surface area contributed by atoms with Crippen molar-refractivity contribution in [3.8, 4) is 6.07 Å². The third-order valence-corrected chi connectivity index (χ3v) is 5.76. The van der Waals surface area contributed by atoms with Crippen LogP contribution in [0.4, 0.5) is 5.69 Å². The van der Waals surface area contributed by atoms with Crippen LogP contribution < -0.4 is 10.9 Å². The van der Waals surface area contributed by atoms with Gasteiger partial charge in [0.25, 0.3) is 11.5 Å². The molecule has 1 unspecified atom stereocenters. The SMILES string of the molecule is CC(OC(=O)c1ccc2c(=O)n3c(nc2c1)CCCCCC3)C(=O)Nc1ccccc1C#N. The van der Waals surface area contributed by atoms with E-state index >= 15 is 0 Å². The second-order valence-electron chi connectivity index (χ2n) is 8.08. The van der Waals surface area contributed by atoms with Gasteiger partial charge in [-0.15, -0.1) is 0 Å². The topological polar surface area (TPSA) is 114 Å². The molecule has 1 aliphatic rings. The Bertz CT molecular complexity index is 1320. The molecule has 0 fully saturated rings. The summed E-state index contributed by atoms with van der Waals surface area (Å²) >= 11 is 0. The Morgan fingerprint density at radius 1 is 1.15 bits per heavy atom. The zero-order valence-corrected chi connectivity index (χ0v) is 18.3. The molecule has 1 amide bonds. The molecule has 0 radical (unpaired) electrons. The van der Waals surface area contributed by atoms with Gasteiger partial charge < -0.3 is 10.1 Å². The minimum atomic E-state index is -1.09. The van der Waals surface area contributed by atoms with Gasteiger partial charge in [-0.3, -0.25) is 14.2 Å². The van der Waals surface area contributed by atoms with Crippen molar-refractivity contribution in [2.45, 2.75) is 51.7 Å². The lowest BCUT2D eigenvalue weighted by molar-refractivity contribution is -0.123. The van der Waals surface area contributed by atoms with Crippen LogP contribution in [0.3, 0.4) is 0 Å². The average Bonchev–Trinajstić information content (AvgIpc) is 2.80. The van der Waals surface area contributed by atoms with Gasteiger partial charge in [0.2, 0.25) is 0 Å². The summed E-state index contributed by atoms with van der Waals surface area (Å²) in [6.45, 7) is 2.11. The summed E-state index contributed by atoms with van der Waals surface area (Å²) in [6.07, 6.45) is 3.77. The minimum absolute atomic E-state index is 0.0966. The molecule has 8 nitrogen and oxygen atoms in total. The number of benzene rings is 2. The molecule has 1 aromatic heterocycles. The number of carbonyl (C=O) groups excluding carboxylic acids is 2. The fraction of sp³-hybridized carbons (Fsp3) is 0.320. The third kappa shape index (κ3) is 4.77. The van der Waals surface area contributed by atoms with Crippen molar-refractivity contribution >= 4 is 28.5 Å². The molecule has 1 aliphatic heterocycles. The van der Waals surface area contributed by atoms with Crippen molar-refractivity contribution in [2.24, 2.45) is 0 Å². The number of esters is 1. The van der Waals surface area contributed by atoms with Crippen LogP contribution in [0.15, 0.2) is 47.3 Å². The number of rotatable bonds is 4. The van der Waals surface area contributed by atoms with Gasteiger partial charge in [0.1, 0.15) is 11.9 Å². The molecule has 0 bridgehead atoms. The molecule has 0 saturated heterocycles. The monoisotopic (exact) mass is 444 g/mol. The molecule has 33 heavy (non-hydrogen) atoms. The second kappa shape index (κ2) is 9.65. The first-order valence-corrected chi connectivity index (χ1v) is 11.0. The Morgan fingerprint density at radius 2 is 1.94 bits per heavy atom. The predicted molar refractivity (Wildman–Crippen MR) is 123 cm³/mol. The summed E-state index contributed by atoms with van der Waals surface area (Å²) in [6, 6.07) is 13.2. The van der Waals surface area contributed by atoms with Gasteiger partial charge in [0, 0.05) is 13.0 Å². The fourth-order valence-electron chi connectivity index (χ4n) is 3.93. The first-order chi connectivity index (χ1) is 16.0. The lowest BCUT2D eigenvalue weighted by Gasteiger charge is -2.17. The van der Waals surface area contributed by atoms with E-state index in [1.54, 1.807) is 34.9 Å². The molecule has 0 spiro atoms. The highest BCUT2D eigenvalue weighted by molar-refractivity contribution is 5.99. The number of aryl methyl sites for hydroxylation is 1. The molecule has 2 aromatic carbocycles. The number of nitrogens with zero attached hydrogens (tertiary/aromatic N) is 3. The molecular formula is C25H24N4O4. The van der Waals surface area contributed by atoms with E-state index in [1.807, 2.05) is 6.07 Å². The van der Waals surface area contributed by atoms with Crippen LogP contribution in [0.2, 0.25) is 0 Å². The highest BCUT2D eigenvalue weighted by Crippen LogP contribution is 2.18. The van der Waals surface area contributed by atoms with Gasteiger partial charge in [0.05, 0.1) is 27.7 Å². The average molecular weight is 444 g/mol. The normalized spacial score (nSPS) is 14.3. The largest absolute Gasteiger partial charge is 0.449 e. The van der Waals surface area contributed by atoms with Crippen molar-refractivity contribution in [1.82, 2.24) is 9.55 Å². The van der Waals surface area contributed by atoms with E-state index in [0.29, 0.717) is 28.7 Å². The number of hydrogen-bond donors (Lipinski definition) is 1. The van der Waals surface area contributed by atoms with Crippen LogP contribution >= 0.6 is 0 Å². The Labute approximate surface area is 190 Å². The van der Waals surface area contributed by atoms with Crippen molar-refractivity contribution in [1.29, 1.82) is 5.26 Å². The molecular weight excluding hydrogens is 420 g/mol. The maximum atomic E-state index is 12.9. The number of nitriles is 1. The molecule has 8 heteroatoms. The first-order valence-electron chi connectivity index (χ1n) is 11.0. The minimum Gasteiger partial charge on any atom is -0.449 e. The third-order valence-electron chi connectivity index (χ3n) is 5.76. The van der Waals surface area contributed by atoms with Gasteiger partial charge in [0.15, 0.2) is 6.10 Å². The lowest BCUT2D eigenvalue weighted by Crippen LogP contribution is -2.30. The second-order valence-corrected chi connectivity index (χ2v) is 8.08. The number of para-hydroxylation sites is 1. The number of nitrogens with one attached hydrogen (secondary N) is 1. The number of hydrogen-bond acceptors (Lipinski definition) is 6. The Morgan fingerprint density at radius 3 is 2.76 bits per heavy atom. The number of amides is 1. The highest BCUT2D eigenvalue weighted by atomic mass is 16.5. The van der Waals surface area contributed by atoms with Gasteiger partial charge in [-0.05, 0) is 50.1 Å². The number of aromatic nitrogens is 2. The Hall–Kier alpha value is -3.99. The van der Waals surface area contributed by atoms with E-state index in [2.05, 4.69) is 10.3 Å². The lowest BCUT2D eigenvalue weighted by atomic mass is 10.1. The first kappa shape index (κ1) is 22.2. The van der Waals surface area contributed by atoms with Crippen molar-refractivity contribution < 1.29 is 14.3 Å². The predicted octanol–water partition coefficient (Wildman–Crippen LogP) is 3.57. The summed E-state index contributed by atoms with van der Waals surface area (Å²) in [5.74, 6) is -0.507. The standard InChI is InChI=1S/C25H24N4O4/c1-16(23(30)28-20-9-6-5-8-18(20)15-26)33-25(32)17-11-12-19-21(14-17)27-22-10-4-2-3-7-13-29(22)24(19)31/h5-6,8-9,11-12,14,16H,2-4,7,10,13H2,1H3,(H,28,30). The summed E-state index contributed by atoms with van der Waals surface area (Å²) in [7, 11) is 0. The number of fused-ring (bicyclic) bond motifs is 2. The van der Waals surface area contributed by atoms with Crippen LogP contribution in [0.1, 0.15) is 54.4 Å². The van der Waals surface area contributed by atoms with Gasteiger partial charge in [-0.25, -0.2) is 9.78 Å². The summed E-state index contributed by atoms with van der Waals surface area (Å²) < 4.78 is 7.07. The molecule has 4 rings (SSSR count). The van der Waals surface area contributed by atoms with Gasteiger partial charge >= 0.3 is 5.97 Å². The zero-order chi connectivity index (χ0) is 23.4. The van der Waals surface area contributed by atoms with E-state index in [4.69, 9.17) is 10.00 Å². The quantitative estimate of drug-likeness (QED) is 0.616. The molecule has 1 atom stereocenters. The highest BCUT2D eigenvalue weighted by Gasteiger charge is 2.21. The van der Waals surface area contributed by atoms with Crippen LogP contribution in [0.5, 0.6) is 0 Å². The number of ether oxygens (including phenoxy) is 1. The Balaban J connectivity index is 1.53. The molecule has 0 saturated carbocycles. The van der Waals surface area contributed by atoms with Gasteiger partial charge in [-0.2, -0.15) is 5.26 Å². The van der Waals surface area contributed by atoms with Crippen molar-refractivity contribution in [3.63, 3.8) is 0 Å². The van der Waals surface area contributed by atoms with Crippen LogP contribution in [0.25, 0.3) is 10.9 Å². The van der Waals surface area contributed by atoms with Crippen molar-refractivity contribution in [2.75, 3.05) is 5.32 Å². The molecule has 168 valence electrons. The van der Waals surface area contributed by atoms with E-state index in [-0.39, 0.29) is 11.1 Å². The van der Waals surface area contributed by atoms with E-state index in [9.17, 15) is 14.4 Å². The fourth-order valence-corrected chi connectivity index (χ4v) is 3.93. The smallest absolute Gasteiger partial charge is 0.338 e. The van der Waals surface area contributed by atoms with Crippen molar-refractivity contribution in [3.05, 3.63) is 69.8 Å². The maximum absolute atomic E-state index is 12.9. The van der Waals surface area contributed by atoms with E-state index in [0.717, 1.165) is 37.9 Å². The summed E-state index contributed by atoms with van der Waals surface area (Å²) in [5, 5.41) is 12.2. The zero-order valence-electron chi connectivity index (χ0n) is 18.3. The number of carbonyl (C=O) groups is 2. The van der Waals surface area contributed by atoms with Crippen LogP contribution in [-0.4, -0.2) is 27.5 Å². The number of anilines is 1. The summed E-state index contributed by atoms with van der Waals surface area (Å²) in [5.41, 5.74) is 1.22. The van der Waals surface area contributed by atoms with E-state index in [1.165, 1.54) is 19.1 Å². The summed E-state index contributed by atoms with van der Waals surface area (Å²) in [4.78, 5) is 42.8. The Kier molecular flexibility index (Phi) is 6.50. The van der Waals surface area contributed by atoms with Crippen LogP contribution in [0, 0.1) is 11.3 Å². The molecule has 3 aromatic rings. The molecule has 2 heterocycles. The van der Waals surface area contributed by atoms with Gasteiger partial charge in [-0.1, -0.05) is 25.0 Å². The molecule has 1 N–H and O–H groups in total. The molecule has 0 aliphatic carbocycles. The van der Waals surface area contributed by atoms with E-state index < -0.39 is 18.0 Å².